The van der Waals surface area contributed by atoms with E-state index < -0.39 is 0 Å². The first-order valence-corrected chi connectivity index (χ1v) is 5.75. The number of fused-ring (bicyclic) bond motifs is 1. The molecule has 3 rings (SSSR count). The molecule has 0 bridgehead atoms. The molecule has 1 N–H and O–H groups in total. The summed E-state index contributed by atoms with van der Waals surface area (Å²) < 4.78 is 1.88. The largest absolute Gasteiger partial charge is 0.350 e. The number of hydrogen-bond donors (Lipinski definition) is 1. The van der Waals surface area contributed by atoms with Crippen molar-refractivity contribution in [2.45, 2.75) is 6.54 Å². The van der Waals surface area contributed by atoms with Crippen molar-refractivity contribution in [2.24, 2.45) is 7.05 Å². The van der Waals surface area contributed by atoms with E-state index in [1.54, 1.807) is 12.5 Å². The quantitative estimate of drug-likeness (QED) is 0.759. The zero-order valence-corrected chi connectivity index (χ0v) is 10.0. The Hall–Kier alpha value is -2.43. The Balaban J connectivity index is 1.80. The monoisotopic (exact) mass is 239 g/mol. The van der Waals surface area contributed by atoms with E-state index in [4.69, 9.17) is 0 Å². The summed E-state index contributed by atoms with van der Waals surface area (Å²) in [5, 5.41) is 3.21. The number of anilines is 1. The highest BCUT2D eigenvalue weighted by Crippen LogP contribution is 2.10. The number of nitrogens with zero attached hydrogens (tertiary/aromatic N) is 4. The predicted octanol–water partition coefficient (Wildman–Crippen LogP) is 1.98. The van der Waals surface area contributed by atoms with Crippen LogP contribution < -0.4 is 5.32 Å². The van der Waals surface area contributed by atoms with E-state index in [-0.39, 0.29) is 0 Å². The van der Waals surface area contributed by atoms with E-state index in [0.29, 0.717) is 12.5 Å². The zero-order valence-electron chi connectivity index (χ0n) is 10.0. The molecule has 0 aliphatic heterocycles. The zero-order chi connectivity index (χ0) is 12.4. The van der Waals surface area contributed by atoms with Crippen molar-refractivity contribution in [3.8, 4) is 0 Å². The lowest BCUT2D eigenvalue weighted by molar-refractivity contribution is 0.926. The van der Waals surface area contributed by atoms with E-state index in [1.165, 1.54) is 5.56 Å². The summed E-state index contributed by atoms with van der Waals surface area (Å²) in [4.78, 5) is 12.9. The fourth-order valence-electron chi connectivity index (χ4n) is 1.78. The maximum absolute atomic E-state index is 4.43. The van der Waals surface area contributed by atoms with Crippen LogP contribution in [-0.4, -0.2) is 19.5 Å². The molecule has 5 heteroatoms. The molecule has 0 aliphatic carbocycles. The fraction of sp³-hybridized carbons (Fsp3) is 0.154. The van der Waals surface area contributed by atoms with Crippen molar-refractivity contribution < 1.29 is 0 Å². The Bertz CT molecular complexity index is 659. The van der Waals surface area contributed by atoms with Gasteiger partial charge in [-0.3, -0.25) is 0 Å². The van der Waals surface area contributed by atoms with Gasteiger partial charge in [0.1, 0.15) is 5.52 Å². The van der Waals surface area contributed by atoms with Gasteiger partial charge in [0, 0.05) is 13.6 Å². The number of aromatic nitrogens is 4. The van der Waals surface area contributed by atoms with Gasteiger partial charge in [-0.1, -0.05) is 30.3 Å². The molecule has 0 aliphatic rings. The molecule has 0 atom stereocenters. The summed E-state index contributed by atoms with van der Waals surface area (Å²) >= 11 is 0. The first-order chi connectivity index (χ1) is 8.83. The Labute approximate surface area is 105 Å². The van der Waals surface area contributed by atoms with Crippen LogP contribution in [0, 0.1) is 0 Å². The summed E-state index contributed by atoms with van der Waals surface area (Å²) in [6, 6.07) is 10.2. The Morgan fingerprint density at radius 3 is 2.83 bits per heavy atom. The highest BCUT2D eigenvalue weighted by Gasteiger charge is 2.03. The summed E-state index contributed by atoms with van der Waals surface area (Å²) in [5.74, 6) is 0.620. The molecular formula is C13H13N5. The molecule has 5 nitrogen and oxygen atoms in total. The average molecular weight is 239 g/mol. The molecule has 0 fully saturated rings. The van der Waals surface area contributed by atoms with Crippen LogP contribution >= 0.6 is 0 Å². The number of imidazole rings is 1. The maximum atomic E-state index is 4.43. The van der Waals surface area contributed by atoms with Gasteiger partial charge in [-0.15, -0.1) is 0 Å². The molecule has 1 aromatic carbocycles. The first-order valence-electron chi connectivity index (χ1n) is 5.75. The average Bonchev–Trinajstić information content (AvgIpc) is 2.79. The van der Waals surface area contributed by atoms with Gasteiger partial charge < -0.3 is 9.88 Å². The summed E-state index contributed by atoms with van der Waals surface area (Å²) in [5.41, 5.74) is 2.84. The van der Waals surface area contributed by atoms with Crippen molar-refractivity contribution in [3.63, 3.8) is 0 Å². The molecule has 0 radical (unpaired) electrons. The van der Waals surface area contributed by atoms with E-state index in [0.717, 1.165) is 11.2 Å². The number of aryl methyl sites for hydroxylation is 1. The predicted molar refractivity (Wildman–Crippen MR) is 70.1 cm³/mol. The van der Waals surface area contributed by atoms with E-state index >= 15 is 0 Å². The highest BCUT2D eigenvalue weighted by atomic mass is 15.2. The second-order valence-corrected chi connectivity index (χ2v) is 4.10. The van der Waals surface area contributed by atoms with Crippen LogP contribution in [-0.2, 0) is 13.6 Å². The van der Waals surface area contributed by atoms with Gasteiger partial charge >= 0.3 is 0 Å². The van der Waals surface area contributed by atoms with Crippen LogP contribution in [0.2, 0.25) is 0 Å². The topological polar surface area (TPSA) is 55.6 Å². The molecule has 18 heavy (non-hydrogen) atoms. The van der Waals surface area contributed by atoms with Crippen molar-refractivity contribution in [1.29, 1.82) is 0 Å². The van der Waals surface area contributed by atoms with Crippen molar-refractivity contribution in [3.05, 3.63) is 48.4 Å². The lowest BCUT2D eigenvalue weighted by Crippen LogP contribution is -2.04. The second-order valence-electron chi connectivity index (χ2n) is 4.10. The van der Waals surface area contributed by atoms with Gasteiger partial charge in [0.2, 0.25) is 5.95 Å². The van der Waals surface area contributed by atoms with E-state index in [2.05, 4.69) is 32.4 Å². The molecule has 0 saturated carbocycles. The minimum atomic E-state index is 0.620. The minimum Gasteiger partial charge on any atom is -0.350 e. The van der Waals surface area contributed by atoms with Gasteiger partial charge in [-0.2, -0.15) is 4.98 Å². The van der Waals surface area contributed by atoms with Crippen LogP contribution in [0.1, 0.15) is 5.56 Å². The highest BCUT2D eigenvalue weighted by molar-refractivity contribution is 5.70. The number of rotatable bonds is 3. The SMILES string of the molecule is Cn1cnc2cnc(NCc3ccccc3)nc21. The smallest absolute Gasteiger partial charge is 0.225 e. The Morgan fingerprint density at radius 2 is 2.00 bits per heavy atom. The van der Waals surface area contributed by atoms with Crippen LogP contribution in [0.5, 0.6) is 0 Å². The first kappa shape index (κ1) is 10.7. The number of hydrogen-bond acceptors (Lipinski definition) is 4. The van der Waals surface area contributed by atoms with Crippen molar-refractivity contribution in [1.82, 2.24) is 19.5 Å². The molecule has 2 aromatic heterocycles. The lowest BCUT2D eigenvalue weighted by atomic mass is 10.2. The third-order valence-electron chi connectivity index (χ3n) is 2.75. The van der Waals surface area contributed by atoms with Crippen LogP contribution in [0.15, 0.2) is 42.9 Å². The van der Waals surface area contributed by atoms with Gasteiger partial charge in [0.05, 0.1) is 12.5 Å². The van der Waals surface area contributed by atoms with Gasteiger partial charge in [-0.05, 0) is 5.56 Å². The van der Waals surface area contributed by atoms with Gasteiger partial charge in [-0.25, -0.2) is 9.97 Å². The van der Waals surface area contributed by atoms with E-state index in [1.807, 2.05) is 29.8 Å². The van der Waals surface area contributed by atoms with Crippen LogP contribution in [0.25, 0.3) is 11.2 Å². The molecule has 0 spiro atoms. The number of benzene rings is 1. The van der Waals surface area contributed by atoms with Gasteiger partial charge in [0.25, 0.3) is 0 Å². The third-order valence-corrected chi connectivity index (χ3v) is 2.75. The second kappa shape index (κ2) is 4.44. The van der Waals surface area contributed by atoms with E-state index in [9.17, 15) is 0 Å². The molecule has 3 aromatic rings. The summed E-state index contributed by atoms with van der Waals surface area (Å²) in [6.07, 6.45) is 3.47. The third kappa shape index (κ3) is 2.02. The molecule has 90 valence electrons. The summed E-state index contributed by atoms with van der Waals surface area (Å²) in [7, 11) is 1.92. The fourth-order valence-corrected chi connectivity index (χ4v) is 1.78. The van der Waals surface area contributed by atoms with Crippen molar-refractivity contribution in [2.75, 3.05) is 5.32 Å². The normalized spacial score (nSPS) is 10.7. The minimum absolute atomic E-state index is 0.620. The standard InChI is InChI=1S/C13H13N5/c1-18-9-16-11-8-15-13(17-12(11)18)14-7-10-5-3-2-4-6-10/h2-6,8-9H,7H2,1H3,(H,14,15,17). The molecular weight excluding hydrogens is 226 g/mol. The lowest BCUT2D eigenvalue weighted by Gasteiger charge is -2.04. The Morgan fingerprint density at radius 1 is 1.17 bits per heavy atom. The van der Waals surface area contributed by atoms with Crippen molar-refractivity contribution >= 4 is 17.1 Å². The number of nitrogens with one attached hydrogen (secondary N) is 1. The van der Waals surface area contributed by atoms with Crippen LogP contribution in [0.4, 0.5) is 5.95 Å². The molecule has 0 unspecified atom stereocenters. The summed E-state index contributed by atoms with van der Waals surface area (Å²) in [6.45, 7) is 0.712. The molecule has 0 amide bonds. The maximum Gasteiger partial charge on any atom is 0.225 e. The molecule has 0 saturated heterocycles. The van der Waals surface area contributed by atoms with Gasteiger partial charge in [0.15, 0.2) is 5.65 Å². The molecule has 2 heterocycles. The van der Waals surface area contributed by atoms with Crippen LogP contribution in [0.3, 0.4) is 0 Å². The Kier molecular flexibility index (Phi) is 2.64.